The Hall–Kier alpha value is -3.41. The third-order valence-electron chi connectivity index (χ3n) is 5.15. The molecule has 1 aliphatic heterocycles. The first-order valence-electron chi connectivity index (χ1n) is 9.15. The average Bonchev–Trinajstić information content (AvgIpc) is 2.97. The van der Waals surface area contributed by atoms with Crippen molar-refractivity contribution in [2.24, 2.45) is 0 Å². The number of ketones is 1. The van der Waals surface area contributed by atoms with Gasteiger partial charge >= 0.3 is 0 Å². The molecule has 1 aliphatic rings. The molecule has 2 heterocycles. The first-order chi connectivity index (χ1) is 13.3. The average molecular weight is 375 g/mol. The summed E-state index contributed by atoms with van der Waals surface area (Å²) in [7, 11) is 0. The van der Waals surface area contributed by atoms with Crippen molar-refractivity contribution in [1.82, 2.24) is 9.78 Å². The van der Waals surface area contributed by atoms with Gasteiger partial charge in [0, 0.05) is 17.5 Å². The summed E-state index contributed by atoms with van der Waals surface area (Å²) in [5, 5.41) is 17.0. The van der Waals surface area contributed by atoms with Crippen LogP contribution in [0, 0.1) is 20.8 Å². The van der Waals surface area contributed by atoms with Crippen molar-refractivity contribution in [2.45, 2.75) is 33.1 Å². The number of aromatic hydroxyl groups is 1. The van der Waals surface area contributed by atoms with Gasteiger partial charge in [0.15, 0.2) is 5.78 Å². The summed E-state index contributed by atoms with van der Waals surface area (Å²) in [4.78, 5) is 25.5. The zero-order valence-electron chi connectivity index (χ0n) is 16.0. The number of rotatable bonds is 3. The number of phenolic OH excluding ortho intramolecular Hbond substituents is 1. The van der Waals surface area contributed by atoms with Crippen molar-refractivity contribution in [1.29, 1.82) is 0 Å². The van der Waals surface area contributed by atoms with Gasteiger partial charge in [-0.05, 0) is 56.7 Å². The van der Waals surface area contributed by atoms with Gasteiger partial charge in [0.05, 0.1) is 17.3 Å². The number of carbonyl (C=O) groups is 2. The second kappa shape index (κ2) is 6.64. The Kier molecular flexibility index (Phi) is 4.26. The lowest BCUT2D eigenvalue weighted by molar-refractivity contribution is -0.116. The highest BCUT2D eigenvalue weighted by atomic mass is 16.3. The van der Waals surface area contributed by atoms with E-state index in [0.717, 1.165) is 22.4 Å². The lowest BCUT2D eigenvalue weighted by Crippen LogP contribution is -2.28. The maximum Gasteiger partial charge on any atom is 0.226 e. The minimum atomic E-state index is -0.604. The van der Waals surface area contributed by atoms with Crippen LogP contribution in [0.25, 0.3) is 5.69 Å². The van der Waals surface area contributed by atoms with Crippen molar-refractivity contribution in [3.05, 3.63) is 70.4 Å². The largest absolute Gasteiger partial charge is 0.508 e. The number of nitrogens with one attached hydrogen (secondary N) is 1. The third-order valence-corrected chi connectivity index (χ3v) is 5.15. The van der Waals surface area contributed by atoms with Gasteiger partial charge in [-0.1, -0.05) is 17.7 Å². The molecule has 1 unspecified atom stereocenters. The molecule has 6 heteroatoms. The van der Waals surface area contributed by atoms with E-state index in [9.17, 15) is 14.7 Å². The molecule has 0 radical (unpaired) electrons. The zero-order chi connectivity index (χ0) is 20.0. The SMILES string of the molecule is Cc1ccc(-n2nc(C)c3c2NC(=O)CC3C(=O)c2ccc(O)cc2)c(C)c1. The molecule has 1 aromatic heterocycles. The number of hydrogen-bond acceptors (Lipinski definition) is 4. The van der Waals surface area contributed by atoms with Crippen LogP contribution in [0.4, 0.5) is 5.82 Å². The summed E-state index contributed by atoms with van der Waals surface area (Å²) in [5.41, 5.74) is 4.97. The van der Waals surface area contributed by atoms with Crippen LogP contribution < -0.4 is 5.32 Å². The summed E-state index contributed by atoms with van der Waals surface area (Å²) in [6.45, 7) is 5.87. The summed E-state index contributed by atoms with van der Waals surface area (Å²) >= 11 is 0. The van der Waals surface area contributed by atoms with E-state index in [4.69, 9.17) is 0 Å². The molecule has 2 aromatic carbocycles. The van der Waals surface area contributed by atoms with E-state index >= 15 is 0 Å². The van der Waals surface area contributed by atoms with Crippen molar-refractivity contribution >= 4 is 17.5 Å². The Labute approximate surface area is 162 Å². The number of aromatic nitrogens is 2. The molecule has 0 bridgehead atoms. The van der Waals surface area contributed by atoms with Crippen LogP contribution in [0.1, 0.15) is 45.1 Å². The lowest BCUT2D eigenvalue weighted by Gasteiger charge is -2.23. The van der Waals surface area contributed by atoms with Crippen LogP contribution in [-0.2, 0) is 4.79 Å². The Morgan fingerprint density at radius 1 is 1.14 bits per heavy atom. The monoisotopic (exact) mass is 375 g/mol. The van der Waals surface area contributed by atoms with E-state index in [2.05, 4.69) is 16.5 Å². The van der Waals surface area contributed by atoms with Crippen molar-refractivity contribution in [2.75, 3.05) is 5.32 Å². The molecule has 1 amide bonds. The Morgan fingerprint density at radius 2 is 1.86 bits per heavy atom. The van der Waals surface area contributed by atoms with Crippen molar-refractivity contribution in [3.63, 3.8) is 0 Å². The van der Waals surface area contributed by atoms with Gasteiger partial charge in [0.1, 0.15) is 11.6 Å². The Morgan fingerprint density at radius 3 is 2.54 bits per heavy atom. The number of benzene rings is 2. The Balaban J connectivity index is 1.83. The lowest BCUT2D eigenvalue weighted by atomic mass is 9.85. The molecule has 0 saturated carbocycles. The van der Waals surface area contributed by atoms with Gasteiger partial charge in [-0.15, -0.1) is 0 Å². The number of aryl methyl sites for hydroxylation is 3. The van der Waals surface area contributed by atoms with Crippen molar-refractivity contribution < 1.29 is 14.7 Å². The fourth-order valence-corrected chi connectivity index (χ4v) is 3.82. The smallest absolute Gasteiger partial charge is 0.226 e. The number of anilines is 1. The molecule has 0 aliphatic carbocycles. The van der Waals surface area contributed by atoms with Crippen LogP contribution in [-0.4, -0.2) is 26.6 Å². The minimum Gasteiger partial charge on any atom is -0.508 e. The summed E-state index contributed by atoms with van der Waals surface area (Å²) in [5.74, 6) is -0.321. The van der Waals surface area contributed by atoms with E-state index in [-0.39, 0.29) is 23.9 Å². The minimum absolute atomic E-state index is 0.0755. The standard InChI is InChI=1S/C22H21N3O3/c1-12-4-9-18(13(2)10-12)25-22-20(14(3)24-25)17(11-19(27)23-22)21(28)15-5-7-16(26)8-6-15/h4-10,17,26H,11H2,1-3H3,(H,23,27). The molecule has 2 N–H and O–H groups in total. The van der Waals surface area contributed by atoms with Crippen molar-refractivity contribution in [3.8, 4) is 11.4 Å². The Bertz CT molecular complexity index is 1100. The van der Waals surface area contributed by atoms with Gasteiger partial charge in [-0.3, -0.25) is 9.59 Å². The molecule has 28 heavy (non-hydrogen) atoms. The molecule has 0 fully saturated rings. The number of hydrogen-bond donors (Lipinski definition) is 2. The van der Waals surface area contributed by atoms with Gasteiger partial charge in [0.25, 0.3) is 0 Å². The second-order valence-corrected chi connectivity index (χ2v) is 7.27. The van der Waals surface area contributed by atoms with Crippen LogP contribution in [0.2, 0.25) is 0 Å². The fraction of sp³-hybridized carbons (Fsp3) is 0.227. The van der Waals surface area contributed by atoms with E-state index < -0.39 is 5.92 Å². The molecular weight excluding hydrogens is 354 g/mol. The summed E-state index contributed by atoms with van der Waals surface area (Å²) < 4.78 is 1.72. The zero-order valence-corrected chi connectivity index (χ0v) is 16.0. The molecule has 1 atom stereocenters. The predicted molar refractivity (Wildman–Crippen MR) is 106 cm³/mol. The van der Waals surface area contributed by atoms with E-state index in [1.165, 1.54) is 12.1 Å². The third kappa shape index (κ3) is 2.97. The normalized spacial score (nSPS) is 15.8. The first kappa shape index (κ1) is 18.0. The van der Waals surface area contributed by atoms with Crippen LogP contribution in [0.5, 0.6) is 5.75 Å². The van der Waals surface area contributed by atoms with Gasteiger partial charge < -0.3 is 10.4 Å². The summed E-state index contributed by atoms with van der Waals surface area (Å²) in [6.07, 6.45) is 0.0755. The van der Waals surface area contributed by atoms with Gasteiger partial charge in [-0.2, -0.15) is 5.10 Å². The van der Waals surface area contributed by atoms with Gasteiger partial charge in [-0.25, -0.2) is 4.68 Å². The number of fused-ring (bicyclic) bond motifs is 1. The van der Waals surface area contributed by atoms with Crippen LogP contribution in [0.15, 0.2) is 42.5 Å². The number of Topliss-reactive ketones (excluding diaryl/α,β-unsaturated/α-hetero) is 1. The molecule has 4 rings (SSSR count). The molecule has 3 aromatic rings. The predicted octanol–water partition coefficient (Wildman–Crippen LogP) is 3.81. The second-order valence-electron chi connectivity index (χ2n) is 7.27. The van der Waals surface area contributed by atoms with E-state index in [0.29, 0.717) is 17.1 Å². The molecule has 0 saturated heterocycles. The fourth-order valence-electron chi connectivity index (χ4n) is 3.82. The summed E-state index contributed by atoms with van der Waals surface area (Å²) in [6, 6.07) is 12.1. The first-order valence-corrected chi connectivity index (χ1v) is 9.15. The molecule has 6 nitrogen and oxygen atoms in total. The van der Waals surface area contributed by atoms with Crippen LogP contribution in [0.3, 0.4) is 0 Å². The maximum atomic E-state index is 13.1. The molecule has 0 spiro atoms. The van der Waals surface area contributed by atoms with Gasteiger partial charge in [0.2, 0.25) is 5.91 Å². The van der Waals surface area contributed by atoms with E-state index in [1.54, 1.807) is 16.8 Å². The number of carbonyl (C=O) groups excluding carboxylic acids is 2. The molecular formula is C22H21N3O3. The highest BCUT2D eigenvalue weighted by Gasteiger charge is 2.36. The number of amides is 1. The highest BCUT2D eigenvalue weighted by molar-refractivity contribution is 6.08. The van der Waals surface area contributed by atoms with E-state index in [1.807, 2.05) is 32.9 Å². The molecule has 142 valence electrons. The number of nitrogens with zero attached hydrogens (tertiary/aromatic N) is 2. The maximum absolute atomic E-state index is 13.1. The highest BCUT2D eigenvalue weighted by Crippen LogP contribution is 2.38. The number of phenols is 1. The quantitative estimate of drug-likeness (QED) is 0.682. The van der Waals surface area contributed by atoms with Crippen LogP contribution >= 0.6 is 0 Å². The topological polar surface area (TPSA) is 84.2 Å².